The second-order valence-corrected chi connectivity index (χ2v) is 6.76. The van der Waals surface area contributed by atoms with E-state index in [4.69, 9.17) is 5.73 Å². The van der Waals surface area contributed by atoms with E-state index in [1.807, 2.05) is 0 Å². The van der Waals surface area contributed by atoms with E-state index in [2.05, 4.69) is 61.9 Å². The molecule has 1 aromatic rings. The zero-order valence-corrected chi connectivity index (χ0v) is 12.7. The lowest BCUT2D eigenvalue weighted by Crippen LogP contribution is -2.49. The fraction of sp³-hybridized carbons (Fsp3) is 0.625. The van der Waals surface area contributed by atoms with Crippen LogP contribution < -0.4 is 15.5 Å². The molecule has 1 unspecified atom stereocenters. The molecule has 0 amide bonds. The van der Waals surface area contributed by atoms with Crippen molar-refractivity contribution in [3.05, 3.63) is 24.3 Å². The van der Waals surface area contributed by atoms with Crippen LogP contribution in [-0.4, -0.2) is 32.7 Å². The summed E-state index contributed by atoms with van der Waals surface area (Å²) in [5.74, 6) is 0. The van der Waals surface area contributed by atoms with Crippen molar-refractivity contribution in [1.29, 1.82) is 0 Å². The SMILES string of the molecule is CN1CCN(C(CN)CC(C)(C)C)c2ccccc21. The third kappa shape index (κ3) is 3.21. The summed E-state index contributed by atoms with van der Waals surface area (Å²) >= 11 is 0. The Morgan fingerprint density at radius 2 is 1.79 bits per heavy atom. The maximum atomic E-state index is 6.05. The fourth-order valence-electron chi connectivity index (χ4n) is 2.94. The van der Waals surface area contributed by atoms with Crippen molar-refractivity contribution in [2.24, 2.45) is 11.1 Å². The van der Waals surface area contributed by atoms with E-state index >= 15 is 0 Å². The van der Waals surface area contributed by atoms with Crippen molar-refractivity contribution in [2.45, 2.75) is 33.2 Å². The summed E-state index contributed by atoms with van der Waals surface area (Å²) in [5, 5.41) is 0. The van der Waals surface area contributed by atoms with Gasteiger partial charge in [-0.1, -0.05) is 32.9 Å². The number of benzene rings is 1. The quantitative estimate of drug-likeness (QED) is 0.908. The molecule has 1 aromatic carbocycles. The van der Waals surface area contributed by atoms with Gasteiger partial charge in [0, 0.05) is 32.7 Å². The minimum Gasteiger partial charge on any atom is -0.371 e. The highest BCUT2D eigenvalue weighted by Crippen LogP contribution is 2.35. The summed E-state index contributed by atoms with van der Waals surface area (Å²) in [4.78, 5) is 4.83. The Balaban J connectivity index is 2.27. The van der Waals surface area contributed by atoms with E-state index in [9.17, 15) is 0 Å². The molecule has 0 saturated heterocycles. The summed E-state index contributed by atoms with van der Waals surface area (Å²) in [6.45, 7) is 9.71. The number of hydrogen-bond donors (Lipinski definition) is 1. The number of hydrogen-bond acceptors (Lipinski definition) is 3. The Kier molecular flexibility index (Phi) is 4.04. The molecule has 0 spiro atoms. The molecule has 106 valence electrons. The number of nitrogens with zero attached hydrogens (tertiary/aromatic N) is 2. The molecule has 0 fully saturated rings. The molecule has 2 rings (SSSR count). The summed E-state index contributed by atoms with van der Waals surface area (Å²) in [6, 6.07) is 9.08. The van der Waals surface area contributed by atoms with Crippen LogP contribution in [-0.2, 0) is 0 Å². The van der Waals surface area contributed by atoms with Gasteiger partial charge in [0.15, 0.2) is 0 Å². The highest BCUT2D eigenvalue weighted by molar-refractivity contribution is 5.73. The topological polar surface area (TPSA) is 32.5 Å². The van der Waals surface area contributed by atoms with Crippen molar-refractivity contribution in [3.8, 4) is 0 Å². The molecule has 1 aliphatic rings. The van der Waals surface area contributed by atoms with E-state index in [0.29, 0.717) is 11.5 Å². The zero-order valence-electron chi connectivity index (χ0n) is 12.7. The summed E-state index contributed by atoms with van der Waals surface area (Å²) < 4.78 is 0. The summed E-state index contributed by atoms with van der Waals surface area (Å²) in [6.07, 6.45) is 1.13. The third-order valence-electron chi connectivity index (χ3n) is 3.84. The first kappa shape index (κ1) is 14.2. The summed E-state index contributed by atoms with van der Waals surface area (Å²) in [5.41, 5.74) is 9.01. The van der Waals surface area contributed by atoms with Crippen molar-refractivity contribution in [3.63, 3.8) is 0 Å². The number of fused-ring (bicyclic) bond motifs is 1. The largest absolute Gasteiger partial charge is 0.371 e. The fourth-order valence-corrected chi connectivity index (χ4v) is 2.94. The molecule has 0 radical (unpaired) electrons. The number of rotatable bonds is 3. The summed E-state index contributed by atoms with van der Waals surface area (Å²) in [7, 11) is 2.16. The van der Waals surface area contributed by atoms with Gasteiger partial charge in [-0.2, -0.15) is 0 Å². The lowest BCUT2D eigenvalue weighted by Gasteiger charge is -2.43. The number of para-hydroxylation sites is 2. The smallest absolute Gasteiger partial charge is 0.0607 e. The molecule has 0 aliphatic carbocycles. The van der Waals surface area contributed by atoms with E-state index in [1.54, 1.807) is 0 Å². The first-order valence-electron chi connectivity index (χ1n) is 7.19. The molecule has 3 nitrogen and oxygen atoms in total. The molecular weight excluding hydrogens is 234 g/mol. The number of likely N-dealkylation sites (N-methyl/N-ethyl adjacent to an activating group) is 1. The Bertz CT molecular complexity index is 422. The molecule has 2 N–H and O–H groups in total. The average molecular weight is 261 g/mol. The predicted molar refractivity (Wildman–Crippen MR) is 84.0 cm³/mol. The Morgan fingerprint density at radius 1 is 1.16 bits per heavy atom. The highest BCUT2D eigenvalue weighted by Gasteiger charge is 2.28. The van der Waals surface area contributed by atoms with Crippen molar-refractivity contribution in [2.75, 3.05) is 36.5 Å². The van der Waals surface area contributed by atoms with Gasteiger partial charge in [0.2, 0.25) is 0 Å². The van der Waals surface area contributed by atoms with Gasteiger partial charge in [-0.05, 0) is 24.0 Å². The van der Waals surface area contributed by atoms with E-state index in [1.165, 1.54) is 11.4 Å². The maximum absolute atomic E-state index is 6.05. The van der Waals surface area contributed by atoms with Crippen LogP contribution in [0.3, 0.4) is 0 Å². The molecule has 1 atom stereocenters. The Labute approximate surface area is 117 Å². The third-order valence-corrected chi connectivity index (χ3v) is 3.84. The predicted octanol–water partition coefficient (Wildman–Crippen LogP) is 2.71. The van der Waals surface area contributed by atoms with Crippen LogP contribution in [0.1, 0.15) is 27.2 Å². The lowest BCUT2D eigenvalue weighted by atomic mass is 9.87. The van der Waals surface area contributed by atoms with Gasteiger partial charge >= 0.3 is 0 Å². The molecule has 1 heterocycles. The Hall–Kier alpha value is -1.22. The van der Waals surface area contributed by atoms with Gasteiger partial charge in [-0.15, -0.1) is 0 Å². The molecule has 0 saturated carbocycles. The second kappa shape index (κ2) is 5.41. The normalized spacial score (nSPS) is 17.3. The number of anilines is 2. The monoisotopic (exact) mass is 261 g/mol. The van der Waals surface area contributed by atoms with Crippen LogP contribution in [0.25, 0.3) is 0 Å². The molecule has 0 bridgehead atoms. The van der Waals surface area contributed by atoms with Gasteiger partial charge < -0.3 is 15.5 Å². The molecule has 0 aromatic heterocycles. The first-order chi connectivity index (χ1) is 8.92. The molecule has 3 heteroatoms. The van der Waals surface area contributed by atoms with Gasteiger partial charge in [0.25, 0.3) is 0 Å². The van der Waals surface area contributed by atoms with Crippen LogP contribution >= 0.6 is 0 Å². The van der Waals surface area contributed by atoms with E-state index in [-0.39, 0.29) is 0 Å². The van der Waals surface area contributed by atoms with Crippen LogP contribution in [0.4, 0.5) is 11.4 Å². The van der Waals surface area contributed by atoms with Crippen molar-refractivity contribution >= 4 is 11.4 Å². The Morgan fingerprint density at radius 3 is 2.37 bits per heavy atom. The van der Waals surface area contributed by atoms with Crippen LogP contribution in [0.15, 0.2) is 24.3 Å². The molecule has 1 aliphatic heterocycles. The van der Waals surface area contributed by atoms with Crippen LogP contribution in [0.5, 0.6) is 0 Å². The highest BCUT2D eigenvalue weighted by atomic mass is 15.3. The first-order valence-corrected chi connectivity index (χ1v) is 7.19. The van der Waals surface area contributed by atoms with Gasteiger partial charge in [0.1, 0.15) is 0 Å². The van der Waals surface area contributed by atoms with Crippen molar-refractivity contribution in [1.82, 2.24) is 0 Å². The minimum absolute atomic E-state index is 0.308. The maximum Gasteiger partial charge on any atom is 0.0607 e. The minimum atomic E-state index is 0.308. The molecular formula is C16H27N3. The van der Waals surface area contributed by atoms with Crippen LogP contribution in [0, 0.1) is 5.41 Å². The number of nitrogens with two attached hydrogens (primary N) is 1. The lowest BCUT2D eigenvalue weighted by molar-refractivity contribution is 0.331. The van der Waals surface area contributed by atoms with E-state index in [0.717, 1.165) is 26.1 Å². The van der Waals surface area contributed by atoms with Gasteiger partial charge in [-0.25, -0.2) is 0 Å². The van der Waals surface area contributed by atoms with Gasteiger partial charge in [0.05, 0.1) is 11.4 Å². The second-order valence-electron chi connectivity index (χ2n) is 6.76. The van der Waals surface area contributed by atoms with Crippen LogP contribution in [0.2, 0.25) is 0 Å². The molecule has 19 heavy (non-hydrogen) atoms. The van der Waals surface area contributed by atoms with E-state index < -0.39 is 0 Å². The zero-order chi connectivity index (χ0) is 14.0. The average Bonchev–Trinajstić information content (AvgIpc) is 2.36. The van der Waals surface area contributed by atoms with Crippen molar-refractivity contribution < 1.29 is 0 Å². The standard InChI is InChI=1S/C16H27N3/c1-16(2,3)11-13(12-17)19-10-9-18(4)14-7-5-6-8-15(14)19/h5-8,13H,9-12,17H2,1-4H3. The van der Waals surface area contributed by atoms with Gasteiger partial charge in [-0.3, -0.25) is 0 Å².